The maximum absolute atomic E-state index is 10.1. The van der Waals surface area contributed by atoms with Crippen molar-refractivity contribution in [2.45, 2.75) is 58.3 Å². The van der Waals surface area contributed by atoms with Crippen LogP contribution >= 0.6 is 24.0 Å². The fourth-order valence-corrected chi connectivity index (χ4v) is 3.05. The van der Waals surface area contributed by atoms with E-state index in [1.54, 1.807) is 0 Å². The van der Waals surface area contributed by atoms with Gasteiger partial charge in [0.15, 0.2) is 5.96 Å². The second-order valence-electron chi connectivity index (χ2n) is 6.98. The predicted molar refractivity (Wildman–Crippen MR) is 118 cm³/mol. The molecule has 1 aliphatic carbocycles. The summed E-state index contributed by atoms with van der Waals surface area (Å²) in [5, 5.41) is 16.9. The van der Waals surface area contributed by atoms with Gasteiger partial charge in [-0.25, -0.2) is 0 Å². The third-order valence-corrected chi connectivity index (χ3v) is 4.58. The monoisotopic (exact) mass is 475 g/mol. The van der Waals surface area contributed by atoms with Crippen molar-refractivity contribution in [3.05, 3.63) is 35.9 Å². The lowest BCUT2D eigenvalue weighted by Crippen LogP contribution is -2.45. The molecule has 1 atom stereocenters. The number of aliphatic hydroxyl groups is 1. The second kappa shape index (κ2) is 13.3. The second-order valence-corrected chi connectivity index (χ2v) is 6.98. The van der Waals surface area contributed by atoms with Crippen molar-refractivity contribution in [1.29, 1.82) is 0 Å². The molecule has 26 heavy (non-hydrogen) atoms. The molecule has 2 rings (SSSR count). The number of ether oxygens (including phenoxy) is 1. The molecule has 0 amide bonds. The van der Waals surface area contributed by atoms with E-state index < -0.39 is 6.10 Å². The molecule has 148 valence electrons. The molecular formula is C20H34IN3O2. The molecule has 0 heterocycles. The van der Waals surface area contributed by atoms with Crippen LogP contribution in [0.15, 0.2) is 35.3 Å². The minimum atomic E-state index is -0.592. The van der Waals surface area contributed by atoms with Gasteiger partial charge in [-0.05, 0) is 44.1 Å². The summed E-state index contributed by atoms with van der Waals surface area (Å²) >= 11 is 0. The lowest BCUT2D eigenvalue weighted by Gasteiger charge is -2.28. The quantitative estimate of drug-likeness (QED) is 0.307. The summed E-state index contributed by atoms with van der Waals surface area (Å²) in [6.07, 6.45) is 4.33. The normalized spacial score (nSPS) is 21.6. The molecule has 0 radical (unpaired) electrons. The highest BCUT2D eigenvalue weighted by atomic mass is 127. The first kappa shape index (κ1) is 23.2. The zero-order valence-corrected chi connectivity index (χ0v) is 18.3. The van der Waals surface area contributed by atoms with E-state index in [-0.39, 0.29) is 24.0 Å². The molecule has 6 heteroatoms. The molecule has 1 aromatic rings. The molecular weight excluding hydrogens is 441 g/mol. The third-order valence-electron chi connectivity index (χ3n) is 4.58. The van der Waals surface area contributed by atoms with Crippen molar-refractivity contribution in [1.82, 2.24) is 10.6 Å². The Labute approximate surface area is 175 Å². The van der Waals surface area contributed by atoms with Crippen LogP contribution in [0.2, 0.25) is 0 Å². The highest BCUT2D eigenvalue weighted by Crippen LogP contribution is 2.23. The fourth-order valence-electron chi connectivity index (χ4n) is 3.05. The predicted octanol–water partition coefficient (Wildman–Crippen LogP) is 3.32. The summed E-state index contributed by atoms with van der Waals surface area (Å²) in [4.78, 5) is 4.52. The Bertz CT molecular complexity index is 505. The van der Waals surface area contributed by atoms with Crippen molar-refractivity contribution in [2.24, 2.45) is 10.9 Å². The van der Waals surface area contributed by atoms with E-state index >= 15 is 0 Å². The van der Waals surface area contributed by atoms with Crippen LogP contribution < -0.4 is 10.6 Å². The Balaban J connectivity index is 0.00000338. The van der Waals surface area contributed by atoms with E-state index in [4.69, 9.17) is 4.74 Å². The van der Waals surface area contributed by atoms with E-state index in [9.17, 15) is 5.11 Å². The molecule has 5 nitrogen and oxygen atoms in total. The number of guanidine groups is 1. The van der Waals surface area contributed by atoms with Gasteiger partial charge in [0.05, 0.1) is 25.9 Å². The van der Waals surface area contributed by atoms with E-state index in [0.717, 1.165) is 24.0 Å². The van der Waals surface area contributed by atoms with Gasteiger partial charge in [-0.1, -0.05) is 37.3 Å². The van der Waals surface area contributed by atoms with Crippen molar-refractivity contribution in [3.8, 4) is 0 Å². The number of aliphatic imine (C=N–C) groups is 1. The number of hydrogen-bond acceptors (Lipinski definition) is 3. The molecule has 1 saturated carbocycles. The van der Waals surface area contributed by atoms with Crippen LogP contribution in [0.1, 0.15) is 45.1 Å². The van der Waals surface area contributed by atoms with Gasteiger partial charge >= 0.3 is 0 Å². The van der Waals surface area contributed by atoms with Crippen molar-refractivity contribution >= 4 is 29.9 Å². The van der Waals surface area contributed by atoms with E-state index in [1.165, 1.54) is 25.7 Å². The van der Waals surface area contributed by atoms with Gasteiger partial charge in [-0.15, -0.1) is 24.0 Å². The van der Waals surface area contributed by atoms with Crippen LogP contribution in [0.4, 0.5) is 0 Å². The summed E-state index contributed by atoms with van der Waals surface area (Å²) in [5.74, 6) is 1.63. The van der Waals surface area contributed by atoms with Crippen molar-refractivity contribution in [3.63, 3.8) is 0 Å². The minimum absolute atomic E-state index is 0. The largest absolute Gasteiger partial charge is 0.389 e. The summed E-state index contributed by atoms with van der Waals surface area (Å²) in [6.45, 7) is 6.34. The van der Waals surface area contributed by atoms with E-state index in [1.807, 2.05) is 30.3 Å². The number of aliphatic hydroxyl groups excluding tert-OH is 1. The molecule has 0 bridgehead atoms. The Kier molecular flexibility index (Phi) is 11.9. The Hall–Kier alpha value is -0.860. The van der Waals surface area contributed by atoms with Crippen LogP contribution in [-0.4, -0.2) is 42.9 Å². The number of halogens is 1. The van der Waals surface area contributed by atoms with Crippen LogP contribution in [0.25, 0.3) is 0 Å². The molecule has 0 spiro atoms. The first-order chi connectivity index (χ1) is 12.2. The average Bonchev–Trinajstić information content (AvgIpc) is 2.63. The Morgan fingerprint density at radius 3 is 2.58 bits per heavy atom. The van der Waals surface area contributed by atoms with Crippen molar-refractivity contribution in [2.75, 3.05) is 19.7 Å². The molecule has 1 aromatic carbocycles. The number of benzene rings is 1. The minimum Gasteiger partial charge on any atom is -0.389 e. The van der Waals surface area contributed by atoms with Crippen LogP contribution in [0, 0.1) is 5.92 Å². The molecule has 0 aromatic heterocycles. The SMILES string of the molecule is CCNC(=NCC(O)COCc1ccccc1)NC1CCC(C)CC1.I. The maximum atomic E-state index is 10.1. The zero-order valence-electron chi connectivity index (χ0n) is 16.0. The smallest absolute Gasteiger partial charge is 0.191 e. The number of hydrogen-bond donors (Lipinski definition) is 3. The van der Waals surface area contributed by atoms with Crippen LogP contribution in [0.5, 0.6) is 0 Å². The third kappa shape index (κ3) is 9.19. The highest BCUT2D eigenvalue weighted by molar-refractivity contribution is 14.0. The maximum Gasteiger partial charge on any atom is 0.191 e. The lowest BCUT2D eigenvalue weighted by molar-refractivity contribution is 0.0331. The number of rotatable bonds is 8. The van der Waals surface area contributed by atoms with Gasteiger partial charge in [0.1, 0.15) is 0 Å². The number of nitrogens with zero attached hydrogens (tertiary/aromatic N) is 1. The van der Waals surface area contributed by atoms with Gasteiger partial charge in [0.25, 0.3) is 0 Å². The summed E-state index contributed by atoms with van der Waals surface area (Å²) in [5.41, 5.74) is 1.11. The molecule has 3 N–H and O–H groups in total. The zero-order chi connectivity index (χ0) is 17.9. The van der Waals surface area contributed by atoms with Gasteiger partial charge in [0.2, 0.25) is 0 Å². The van der Waals surface area contributed by atoms with Gasteiger partial charge < -0.3 is 20.5 Å². The Morgan fingerprint density at radius 2 is 1.92 bits per heavy atom. The van der Waals surface area contributed by atoms with E-state index in [2.05, 4.69) is 29.5 Å². The van der Waals surface area contributed by atoms with Crippen LogP contribution in [0.3, 0.4) is 0 Å². The summed E-state index contributed by atoms with van der Waals surface area (Å²) in [7, 11) is 0. The standard InChI is InChI=1S/C20H33N3O2.HI/c1-3-21-20(23-18-11-9-16(2)10-12-18)22-13-19(24)15-25-14-17-7-5-4-6-8-17;/h4-8,16,18-19,24H,3,9-15H2,1-2H3,(H2,21,22,23);1H. The van der Waals surface area contributed by atoms with E-state index in [0.29, 0.717) is 25.8 Å². The molecule has 1 aliphatic rings. The Morgan fingerprint density at radius 1 is 1.23 bits per heavy atom. The summed E-state index contributed by atoms with van der Waals surface area (Å²) < 4.78 is 5.58. The number of nitrogens with one attached hydrogen (secondary N) is 2. The molecule has 0 aliphatic heterocycles. The topological polar surface area (TPSA) is 65.9 Å². The lowest BCUT2D eigenvalue weighted by atomic mass is 9.87. The van der Waals surface area contributed by atoms with Gasteiger partial charge in [-0.2, -0.15) is 0 Å². The highest BCUT2D eigenvalue weighted by Gasteiger charge is 2.19. The summed E-state index contributed by atoms with van der Waals surface area (Å²) in [6, 6.07) is 10.5. The first-order valence-corrected chi connectivity index (χ1v) is 9.52. The fraction of sp³-hybridized carbons (Fsp3) is 0.650. The van der Waals surface area contributed by atoms with Gasteiger partial charge in [-0.3, -0.25) is 4.99 Å². The molecule has 0 saturated heterocycles. The molecule has 1 fully saturated rings. The van der Waals surface area contributed by atoms with Gasteiger partial charge in [0, 0.05) is 12.6 Å². The van der Waals surface area contributed by atoms with Crippen LogP contribution in [-0.2, 0) is 11.3 Å². The first-order valence-electron chi connectivity index (χ1n) is 9.52. The average molecular weight is 475 g/mol. The van der Waals surface area contributed by atoms with Crippen molar-refractivity contribution < 1.29 is 9.84 Å². The molecule has 1 unspecified atom stereocenters.